The highest BCUT2D eigenvalue weighted by molar-refractivity contribution is 5.36. The number of rotatable bonds is 5. The lowest BCUT2D eigenvalue weighted by molar-refractivity contribution is 0.424. The molecule has 1 aliphatic rings. The molecule has 2 atom stereocenters. The summed E-state index contributed by atoms with van der Waals surface area (Å²) in [6.45, 7) is 0. The third kappa shape index (κ3) is 2.70. The van der Waals surface area contributed by atoms with E-state index in [4.69, 9.17) is 6.42 Å². The molecular formula is C16H21N. The first kappa shape index (κ1) is 12.2. The minimum Gasteiger partial charge on any atom is -0.316 e. The normalized spacial score (nSPS) is 19.6. The molecule has 1 N–H and O–H groups in total. The second kappa shape index (κ2) is 5.89. The van der Waals surface area contributed by atoms with Crippen molar-refractivity contribution in [1.82, 2.24) is 5.32 Å². The molecule has 0 bridgehead atoms. The van der Waals surface area contributed by atoms with Crippen molar-refractivity contribution >= 4 is 0 Å². The van der Waals surface area contributed by atoms with Crippen LogP contribution < -0.4 is 5.32 Å². The fourth-order valence-electron chi connectivity index (χ4n) is 2.98. The Kier molecular flexibility index (Phi) is 4.23. The zero-order valence-electron chi connectivity index (χ0n) is 10.6. The molecule has 90 valence electrons. The van der Waals surface area contributed by atoms with Crippen LogP contribution in [0.3, 0.4) is 0 Å². The molecule has 1 aromatic carbocycles. The van der Waals surface area contributed by atoms with Crippen LogP contribution in [0.15, 0.2) is 24.3 Å². The van der Waals surface area contributed by atoms with Crippen LogP contribution in [0.25, 0.3) is 0 Å². The highest BCUT2D eigenvalue weighted by Crippen LogP contribution is 2.36. The Morgan fingerprint density at radius 2 is 2.29 bits per heavy atom. The molecule has 1 aliphatic carbocycles. The van der Waals surface area contributed by atoms with Gasteiger partial charge in [-0.05, 0) is 49.8 Å². The quantitative estimate of drug-likeness (QED) is 0.602. The van der Waals surface area contributed by atoms with Gasteiger partial charge in [0.25, 0.3) is 0 Å². The highest BCUT2D eigenvalue weighted by atomic mass is 14.9. The maximum atomic E-state index is 5.32. The van der Waals surface area contributed by atoms with Crippen LogP contribution in [0.2, 0.25) is 0 Å². The van der Waals surface area contributed by atoms with Gasteiger partial charge in [-0.2, -0.15) is 0 Å². The zero-order chi connectivity index (χ0) is 12.1. The maximum absolute atomic E-state index is 5.32. The Hall–Kier alpha value is -1.26. The van der Waals surface area contributed by atoms with E-state index >= 15 is 0 Å². The Morgan fingerprint density at radius 1 is 1.47 bits per heavy atom. The van der Waals surface area contributed by atoms with E-state index in [0.29, 0.717) is 12.0 Å². The van der Waals surface area contributed by atoms with Gasteiger partial charge in [0, 0.05) is 12.5 Å². The monoisotopic (exact) mass is 227 g/mol. The van der Waals surface area contributed by atoms with Crippen LogP contribution in [0.5, 0.6) is 0 Å². The van der Waals surface area contributed by atoms with E-state index in [-0.39, 0.29) is 0 Å². The van der Waals surface area contributed by atoms with Crippen LogP contribution in [0, 0.1) is 12.3 Å². The van der Waals surface area contributed by atoms with Gasteiger partial charge in [-0.3, -0.25) is 0 Å². The SMILES string of the molecule is C#CCCCC(NC)C1CCc2ccccc21. The predicted octanol–water partition coefficient (Wildman–Crippen LogP) is 3.11. The topological polar surface area (TPSA) is 12.0 Å². The third-order valence-electron chi connectivity index (χ3n) is 3.87. The van der Waals surface area contributed by atoms with Crippen molar-refractivity contribution in [2.45, 2.75) is 44.1 Å². The lowest BCUT2D eigenvalue weighted by atomic mass is 9.90. The molecule has 2 rings (SSSR count). The Labute approximate surface area is 105 Å². The van der Waals surface area contributed by atoms with Crippen molar-refractivity contribution < 1.29 is 0 Å². The lowest BCUT2D eigenvalue weighted by Gasteiger charge is -2.23. The number of aryl methyl sites for hydroxylation is 1. The molecule has 0 amide bonds. The summed E-state index contributed by atoms with van der Waals surface area (Å²) in [6, 6.07) is 9.44. The summed E-state index contributed by atoms with van der Waals surface area (Å²) in [5.41, 5.74) is 3.09. The van der Waals surface area contributed by atoms with Gasteiger partial charge in [-0.25, -0.2) is 0 Å². The zero-order valence-corrected chi connectivity index (χ0v) is 10.6. The molecule has 1 nitrogen and oxygen atoms in total. The van der Waals surface area contributed by atoms with E-state index in [1.54, 1.807) is 5.56 Å². The molecule has 0 saturated carbocycles. The van der Waals surface area contributed by atoms with Crippen molar-refractivity contribution in [3.05, 3.63) is 35.4 Å². The van der Waals surface area contributed by atoms with Gasteiger partial charge < -0.3 is 5.32 Å². The van der Waals surface area contributed by atoms with E-state index in [9.17, 15) is 0 Å². The molecule has 0 saturated heterocycles. The number of fused-ring (bicyclic) bond motifs is 1. The molecule has 0 spiro atoms. The van der Waals surface area contributed by atoms with E-state index in [0.717, 1.165) is 12.8 Å². The molecule has 0 aliphatic heterocycles. The fourth-order valence-corrected chi connectivity index (χ4v) is 2.98. The molecule has 0 aromatic heterocycles. The lowest BCUT2D eigenvalue weighted by Crippen LogP contribution is -2.31. The largest absolute Gasteiger partial charge is 0.316 e. The number of unbranched alkanes of at least 4 members (excludes halogenated alkanes) is 1. The second-order valence-electron chi connectivity index (χ2n) is 4.84. The summed E-state index contributed by atoms with van der Waals surface area (Å²) >= 11 is 0. The molecule has 17 heavy (non-hydrogen) atoms. The number of nitrogens with one attached hydrogen (secondary N) is 1. The molecule has 1 aromatic rings. The van der Waals surface area contributed by atoms with Crippen molar-refractivity contribution in [3.63, 3.8) is 0 Å². The van der Waals surface area contributed by atoms with Crippen molar-refractivity contribution in [2.24, 2.45) is 0 Å². The van der Waals surface area contributed by atoms with Gasteiger partial charge in [0.2, 0.25) is 0 Å². The summed E-state index contributed by atoms with van der Waals surface area (Å²) in [5.74, 6) is 3.40. The first-order chi connectivity index (χ1) is 8.36. The van der Waals surface area contributed by atoms with Gasteiger partial charge in [0.15, 0.2) is 0 Å². The number of benzene rings is 1. The molecule has 0 radical (unpaired) electrons. The van der Waals surface area contributed by atoms with E-state index < -0.39 is 0 Å². The van der Waals surface area contributed by atoms with Crippen LogP contribution in [-0.2, 0) is 6.42 Å². The number of hydrogen-bond donors (Lipinski definition) is 1. The van der Waals surface area contributed by atoms with Gasteiger partial charge in [-0.15, -0.1) is 12.3 Å². The van der Waals surface area contributed by atoms with Crippen LogP contribution in [0.4, 0.5) is 0 Å². The second-order valence-corrected chi connectivity index (χ2v) is 4.84. The van der Waals surface area contributed by atoms with Crippen molar-refractivity contribution in [3.8, 4) is 12.3 Å². The number of hydrogen-bond acceptors (Lipinski definition) is 1. The van der Waals surface area contributed by atoms with E-state index in [1.165, 1.54) is 24.8 Å². The first-order valence-corrected chi connectivity index (χ1v) is 6.55. The average Bonchev–Trinajstić information content (AvgIpc) is 2.79. The first-order valence-electron chi connectivity index (χ1n) is 6.55. The minimum absolute atomic E-state index is 0.576. The van der Waals surface area contributed by atoms with E-state index in [2.05, 4.69) is 42.6 Å². The average molecular weight is 227 g/mol. The summed E-state index contributed by atoms with van der Waals surface area (Å²) in [5, 5.41) is 3.48. The number of likely N-dealkylation sites (N-methyl/N-ethyl adjacent to an activating group) is 1. The van der Waals surface area contributed by atoms with Gasteiger partial charge >= 0.3 is 0 Å². The standard InChI is InChI=1S/C16H21N/c1-3-4-5-10-16(17-2)15-12-11-13-8-6-7-9-14(13)15/h1,6-9,15-17H,4-5,10-12H2,2H3. The van der Waals surface area contributed by atoms with Gasteiger partial charge in [0.05, 0.1) is 0 Å². The van der Waals surface area contributed by atoms with Crippen molar-refractivity contribution in [2.75, 3.05) is 7.05 Å². The van der Waals surface area contributed by atoms with Crippen LogP contribution in [0.1, 0.15) is 42.7 Å². The van der Waals surface area contributed by atoms with Crippen LogP contribution >= 0.6 is 0 Å². The molecule has 0 heterocycles. The minimum atomic E-state index is 0.576. The van der Waals surface area contributed by atoms with Gasteiger partial charge in [-0.1, -0.05) is 24.3 Å². The highest BCUT2D eigenvalue weighted by Gasteiger charge is 2.27. The molecule has 0 fully saturated rings. The Balaban J connectivity index is 2.04. The third-order valence-corrected chi connectivity index (χ3v) is 3.87. The van der Waals surface area contributed by atoms with Crippen LogP contribution in [-0.4, -0.2) is 13.1 Å². The number of terminal acetylenes is 1. The maximum Gasteiger partial charge on any atom is 0.0133 e. The predicted molar refractivity (Wildman–Crippen MR) is 73.0 cm³/mol. The Bertz CT molecular complexity index is 402. The fraction of sp³-hybridized carbons (Fsp3) is 0.500. The summed E-state index contributed by atoms with van der Waals surface area (Å²) < 4.78 is 0. The van der Waals surface area contributed by atoms with Gasteiger partial charge in [0.1, 0.15) is 0 Å². The smallest absolute Gasteiger partial charge is 0.0133 e. The van der Waals surface area contributed by atoms with E-state index in [1.807, 2.05) is 0 Å². The molecular weight excluding hydrogens is 206 g/mol. The Morgan fingerprint density at radius 3 is 3.06 bits per heavy atom. The summed E-state index contributed by atoms with van der Waals surface area (Å²) in [6.07, 6.45) is 11.0. The molecule has 2 unspecified atom stereocenters. The molecule has 1 heteroatoms. The summed E-state index contributed by atoms with van der Waals surface area (Å²) in [7, 11) is 2.07. The van der Waals surface area contributed by atoms with Crippen molar-refractivity contribution in [1.29, 1.82) is 0 Å². The summed E-state index contributed by atoms with van der Waals surface area (Å²) in [4.78, 5) is 0.